The van der Waals surface area contributed by atoms with Gasteiger partial charge < -0.3 is 14.6 Å². The average molecular weight is 446 g/mol. The van der Waals surface area contributed by atoms with Gasteiger partial charge in [0.1, 0.15) is 5.82 Å². The number of alkyl halides is 3. The predicted molar refractivity (Wildman–Crippen MR) is 114 cm³/mol. The fourth-order valence-corrected chi connectivity index (χ4v) is 3.83. The second-order valence-electron chi connectivity index (χ2n) is 7.70. The van der Waals surface area contributed by atoms with Crippen molar-refractivity contribution in [3.8, 4) is 0 Å². The van der Waals surface area contributed by atoms with E-state index in [1.165, 1.54) is 12.1 Å². The number of fused-ring (bicyclic) bond motifs is 1. The lowest BCUT2D eigenvalue weighted by Gasteiger charge is -2.27. The summed E-state index contributed by atoms with van der Waals surface area (Å²) in [5.74, 6) is 0.460. The van der Waals surface area contributed by atoms with E-state index in [4.69, 9.17) is 9.72 Å². The number of amides is 1. The number of para-hydroxylation sites is 2. The minimum atomic E-state index is -4.42. The van der Waals surface area contributed by atoms with Crippen LogP contribution in [0.5, 0.6) is 0 Å². The highest BCUT2D eigenvalue weighted by molar-refractivity contribution is 5.94. The summed E-state index contributed by atoms with van der Waals surface area (Å²) in [6.45, 7) is 5.30. The largest absolute Gasteiger partial charge is 0.416 e. The van der Waals surface area contributed by atoms with Crippen molar-refractivity contribution in [1.29, 1.82) is 0 Å². The first-order valence-corrected chi connectivity index (χ1v) is 10.6. The molecule has 0 aliphatic carbocycles. The molecule has 2 aromatic carbocycles. The number of nitrogens with zero attached hydrogens (tertiary/aromatic N) is 3. The lowest BCUT2D eigenvalue weighted by atomic mass is 10.1. The van der Waals surface area contributed by atoms with E-state index < -0.39 is 17.6 Å². The van der Waals surface area contributed by atoms with E-state index in [0.29, 0.717) is 13.0 Å². The number of benzene rings is 2. The number of nitrogens with one attached hydrogen (secondary N) is 1. The van der Waals surface area contributed by atoms with Gasteiger partial charge in [0.25, 0.3) is 5.91 Å². The standard InChI is InChI=1S/C23H25F3N4O2/c24-23(25,26)18-7-5-17(6-8-18)22(31)27-10-9-21-28-19-3-1-2-4-20(19)30(21)12-11-29-13-15-32-16-14-29/h1-8H,9-16H2,(H,27,31). The van der Waals surface area contributed by atoms with E-state index in [2.05, 4.69) is 14.8 Å². The molecule has 0 unspecified atom stereocenters. The zero-order chi connectivity index (χ0) is 22.6. The Labute approximate surface area is 184 Å². The molecule has 0 saturated carbocycles. The van der Waals surface area contributed by atoms with E-state index in [-0.39, 0.29) is 5.56 Å². The number of aromatic nitrogens is 2. The van der Waals surface area contributed by atoms with Crippen molar-refractivity contribution in [1.82, 2.24) is 19.8 Å². The van der Waals surface area contributed by atoms with Gasteiger partial charge in [-0.3, -0.25) is 9.69 Å². The smallest absolute Gasteiger partial charge is 0.379 e. The summed E-state index contributed by atoms with van der Waals surface area (Å²) in [5.41, 5.74) is 1.37. The number of rotatable bonds is 7. The Morgan fingerprint density at radius 1 is 1.03 bits per heavy atom. The molecule has 0 atom stereocenters. The minimum Gasteiger partial charge on any atom is -0.379 e. The van der Waals surface area contributed by atoms with Gasteiger partial charge in [0, 0.05) is 44.7 Å². The van der Waals surface area contributed by atoms with Gasteiger partial charge in [-0.1, -0.05) is 12.1 Å². The number of morpholine rings is 1. The predicted octanol–water partition coefficient (Wildman–Crippen LogP) is 3.36. The van der Waals surface area contributed by atoms with Crippen LogP contribution in [-0.4, -0.2) is 59.8 Å². The molecule has 0 radical (unpaired) electrons. The van der Waals surface area contributed by atoms with Crippen molar-refractivity contribution in [2.45, 2.75) is 19.1 Å². The Bertz CT molecular complexity index is 1060. The van der Waals surface area contributed by atoms with Crippen molar-refractivity contribution in [3.05, 3.63) is 65.5 Å². The first kappa shape index (κ1) is 22.3. The maximum atomic E-state index is 12.7. The summed E-state index contributed by atoms with van der Waals surface area (Å²) in [5, 5.41) is 2.78. The first-order valence-electron chi connectivity index (χ1n) is 10.6. The molecule has 0 bridgehead atoms. The van der Waals surface area contributed by atoms with Crippen molar-refractivity contribution in [2.24, 2.45) is 0 Å². The van der Waals surface area contributed by atoms with Gasteiger partial charge in [-0.15, -0.1) is 0 Å². The van der Waals surface area contributed by atoms with Gasteiger partial charge in [0.2, 0.25) is 0 Å². The SMILES string of the molecule is O=C(NCCc1nc2ccccc2n1CCN1CCOCC1)c1ccc(C(F)(F)F)cc1. The molecule has 3 aromatic rings. The van der Waals surface area contributed by atoms with Crippen LogP contribution in [0, 0.1) is 0 Å². The Hall–Kier alpha value is -2.91. The van der Waals surface area contributed by atoms with Crippen molar-refractivity contribution < 1.29 is 22.7 Å². The highest BCUT2D eigenvalue weighted by Crippen LogP contribution is 2.29. The topological polar surface area (TPSA) is 59.4 Å². The number of imidazole rings is 1. The number of ether oxygens (including phenoxy) is 1. The molecule has 1 N–H and O–H groups in total. The Kier molecular flexibility index (Phi) is 6.76. The van der Waals surface area contributed by atoms with Crippen molar-refractivity contribution >= 4 is 16.9 Å². The molecule has 32 heavy (non-hydrogen) atoms. The Morgan fingerprint density at radius 2 is 1.75 bits per heavy atom. The van der Waals surface area contributed by atoms with Gasteiger partial charge in [-0.05, 0) is 36.4 Å². The average Bonchev–Trinajstić information content (AvgIpc) is 3.15. The lowest BCUT2D eigenvalue weighted by molar-refractivity contribution is -0.137. The van der Waals surface area contributed by atoms with E-state index in [0.717, 1.165) is 68.4 Å². The van der Waals surface area contributed by atoms with E-state index in [9.17, 15) is 18.0 Å². The van der Waals surface area contributed by atoms with Gasteiger partial charge in [0.15, 0.2) is 0 Å². The van der Waals surface area contributed by atoms with Gasteiger partial charge in [-0.25, -0.2) is 4.98 Å². The number of carbonyl (C=O) groups excluding carboxylic acids is 1. The molecule has 1 amide bonds. The summed E-state index contributed by atoms with van der Waals surface area (Å²) >= 11 is 0. The molecular formula is C23H25F3N4O2. The maximum absolute atomic E-state index is 12.7. The summed E-state index contributed by atoms with van der Waals surface area (Å²) in [6.07, 6.45) is -3.90. The molecule has 4 rings (SSSR count). The molecule has 1 aromatic heterocycles. The second kappa shape index (κ2) is 9.70. The maximum Gasteiger partial charge on any atom is 0.416 e. The zero-order valence-electron chi connectivity index (χ0n) is 17.6. The van der Waals surface area contributed by atoms with Crippen LogP contribution in [0.15, 0.2) is 48.5 Å². The van der Waals surface area contributed by atoms with Crippen LogP contribution in [0.1, 0.15) is 21.7 Å². The van der Waals surface area contributed by atoms with E-state index in [1.54, 1.807) is 0 Å². The molecule has 0 spiro atoms. The lowest BCUT2D eigenvalue weighted by Crippen LogP contribution is -2.38. The number of hydrogen-bond acceptors (Lipinski definition) is 4. The van der Waals surface area contributed by atoms with E-state index >= 15 is 0 Å². The fourth-order valence-electron chi connectivity index (χ4n) is 3.83. The molecule has 9 heteroatoms. The summed E-state index contributed by atoms with van der Waals surface area (Å²) in [7, 11) is 0. The molecule has 1 aliphatic rings. The molecule has 170 valence electrons. The van der Waals surface area contributed by atoms with Gasteiger partial charge in [-0.2, -0.15) is 13.2 Å². The molecule has 1 aliphatic heterocycles. The van der Waals surface area contributed by atoms with Gasteiger partial charge >= 0.3 is 6.18 Å². The normalized spacial score (nSPS) is 15.2. The summed E-state index contributed by atoms with van der Waals surface area (Å²) in [6, 6.07) is 12.1. The third-order valence-electron chi connectivity index (χ3n) is 5.59. The van der Waals surface area contributed by atoms with Crippen LogP contribution in [-0.2, 0) is 23.9 Å². The third kappa shape index (κ3) is 5.28. The zero-order valence-corrected chi connectivity index (χ0v) is 17.6. The molecule has 6 nitrogen and oxygen atoms in total. The fraction of sp³-hybridized carbons (Fsp3) is 0.391. The first-order chi connectivity index (χ1) is 15.4. The van der Waals surface area contributed by atoms with Crippen LogP contribution < -0.4 is 5.32 Å². The number of halogens is 3. The van der Waals surface area contributed by atoms with E-state index in [1.807, 2.05) is 24.3 Å². The van der Waals surface area contributed by atoms with Crippen LogP contribution >= 0.6 is 0 Å². The molecule has 1 fully saturated rings. The summed E-state index contributed by atoms with van der Waals surface area (Å²) < 4.78 is 45.7. The molecule has 1 saturated heterocycles. The van der Waals surface area contributed by atoms with Crippen LogP contribution in [0.4, 0.5) is 13.2 Å². The van der Waals surface area contributed by atoms with Crippen LogP contribution in [0.2, 0.25) is 0 Å². The monoisotopic (exact) mass is 446 g/mol. The third-order valence-corrected chi connectivity index (χ3v) is 5.59. The molecular weight excluding hydrogens is 421 g/mol. The Balaban J connectivity index is 1.39. The Morgan fingerprint density at radius 3 is 2.47 bits per heavy atom. The van der Waals surface area contributed by atoms with Crippen molar-refractivity contribution in [3.63, 3.8) is 0 Å². The number of hydrogen-bond donors (Lipinski definition) is 1. The summed E-state index contributed by atoms with van der Waals surface area (Å²) in [4.78, 5) is 19.4. The highest BCUT2D eigenvalue weighted by atomic mass is 19.4. The van der Waals surface area contributed by atoms with Crippen molar-refractivity contribution in [2.75, 3.05) is 39.4 Å². The van der Waals surface area contributed by atoms with Gasteiger partial charge in [0.05, 0.1) is 29.8 Å². The molecule has 2 heterocycles. The van der Waals surface area contributed by atoms with Crippen LogP contribution in [0.25, 0.3) is 11.0 Å². The highest BCUT2D eigenvalue weighted by Gasteiger charge is 2.30. The van der Waals surface area contributed by atoms with Crippen LogP contribution in [0.3, 0.4) is 0 Å². The number of carbonyl (C=O) groups is 1. The minimum absolute atomic E-state index is 0.193. The second-order valence-corrected chi connectivity index (χ2v) is 7.70. The quantitative estimate of drug-likeness (QED) is 0.605.